The van der Waals surface area contributed by atoms with Crippen LogP contribution in [0.4, 0.5) is 0 Å². The van der Waals surface area contributed by atoms with Gasteiger partial charge in [-0.15, -0.1) is 0 Å². The molecule has 1 atom stereocenters. The molecule has 1 unspecified atom stereocenters. The summed E-state index contributed by atoms with van der Waals surface area (Å²) in [5.74, 6) is -0.818. The van der Waals surface area contributed by atoms with Gasteiger partial charge in [-0.25, -0.2) is 0 Å². The van der Waals surface area contributed by atoms with Gasteiger partial charge in [0, 0.05) is 51.7 Å². The van der Waals surface area contributed by atoms with Crippen LogP contribution >= 0.6 is 0 Å². The lowest BCUT2D eigenvalue weighted by Gasteiger charge is -2.52. The molecular formula is C19H34N4O3. The molecule has 7 nitrogen and oxygen atoms in total. The number of aldehydes is 1. The van der Waals surface area contributed by atoms with E-state index in [1.807, 2.05) is 0 Å². The first-order valence-corrected chi connectivity index (χ1v) is 10.3. The molecule has 0 aromatic carbocycles. The van der Waals surface area contributed by atoms with Gasteiger partial charge in [0.1, 0.15) is 5.66 Å². The Kier molecular flexibility index (Phi) is 7.03. The Hall–Kier alpha value is -1.02. The summed E-state index contributed by atoms with van der Waals surface area (Å²) < 4.78 is 0. The van der Waals surface area contributed by atoms with E-state index in [1.165, 1.54) is 19.3 Å². The third-order valence-corrected chi connectivity index (χ3v) is 6.49. The first kappa shape index (κ1) is 19.7. The van der Waals surface area contributed by atoms with Crippen molar-refractivity contribution >= 4 is 12.3 Å². The highest BCUT2D eigenvalue weighted by molar-refractivity contribution is 5.70. The number of rotatable bonds is 7. The van der Waals surface area contributed by atoms with Crippen LogP contribution in [0, 0.1) is 0 Å². The number of likely N-dealkylation sites (tertiary alicyclic amines) is 1. The molecule has 0 aliphatic carbocycles. The fourth-order valence-electron chi connectivity index (χ4n) is 4.94. The number of nitrogens with one attached hydrogen (secondary N) is 1. The van der Waals surface area contributed by atoms with Gasteiger partial charge in [0.15, 0.2) is 6.29 Å². The molecule has 26 heavy (non-hydrogen) atoms. The van der Waals surface area contributed by atoms with Crippen LogP contribution in [0.25, 0.3) is 0 Å². The molecule has 0 saturated carbocycles. The summed E-state index contributed by atoms with van der Waals surface area (Å²) in [4.78, 5) is 30.6. The van der Waals surface area contributed by atoms with Crippen molar-refractivity contribution in [3.05, 3.63) is 0 Å². The van der Waals surface area contributed by atoms with Gasteiger partial charge in [-0.1, -0.05) is 6.42 Å². The summed E-state index contributed by atoms with van der Waals surface area (Å²) in [6, 6.07) is 0.651. The topological polar surface area (TPSA) is 76.1 Å². The lowest BCUT2D eigenvalue weighted by Crippen LogP contribution is -2.67. The number of aliphatic carboxylic acids is 1. The molecule has 3 saturated heterocycles. The van der Waals surface area contributed by atoms with Gasteiger partial charge in [0.25, 0.3) is 0 Å². The molecular weight excluding hydrogens is 332 g/mol. The quantitative estimate of drug-likeness (QED) is 0.639. The molecule has 3 rings (SSSR count). The fourth-order valence-corrected chi connectivity index (χ4v) is 4.94. The van der Waals surface area contributed by atoms with Gasteiger partial charge >= 0.3 is 5.97 Å². The van der Waals surface area contributed by atoms with E-state index in [2.05, 4.69) is 20.0 Å². The fraction of sp³-hybridized carbons (Fsp3) is 0.895. The second-order valence-electron chi connectivity index (χ2n) is 7.94. The molecule has 7 heteroatoms. The molecule has 0 radical (unpaired) electrons. The molecule has 148 valence electrons. The Morgan fingerprint density at radius 3 is 2.19 bits per heavy atom. The second-order valence-corrected chi connectivity index (χ2v) is 7.94. The van der Waals surface area contributed by atoms with Gasteiger partial charge in [0.05, 0.1) is 0 Å². The smallest absolute Gasteiger partial charge is 0.303 e. The molecule has 0 spiro atoms. The maximum atomic E-state index is 12.3. The molecule has 0 aromatic rings. The Morgan fingerprint density at radius 2 is 1.62 bits per heavy atom. The average molecular weight is 367 g/mol. The van der Waals surface area contributed by atoms with E-state index in [0.29, 0.717) is 12.5 Å². The largest absolute Gasteiger partial charge is 0.481 e. The van der Waals surface area contributed by atoms with Gasteiger partial charge < -0.3 is 10.4 Å². The van der Waals surface area contributed by atoms with Gasteiger partial charge in [-0.05, 0) is 45.2 Å². The summed E-state index contributed by atoms with van der Waals surface area (Å²) in [6.07, 6.45) is 7.27. The normalized spacial score (nSPS) is 27.1. The molecule has 3 aliphatic heterocycles. The van der Waals surface area contributed by atoms with Crippen molar-refractivity contribution in [2.24, 2.45) is 0 Å². The maximum absolute atomic E-state index is 12.3. The van der Waals surface area contributed by atoms with Gasteiger partial charge in [-0.2, -0.15) is 0 Å². The summed E-state index contributed by atoms with van der Waals surface area (Å²) in [5.41, 5.74) is -0.737. The second kappa shape index (κ2) is 9.26. The van der Waals surface area contributed by atoms with Crippen molar-refractivity contribution in [1.82, 2.24) is 20.0 Å². The van der Waals surface area contributed by atoms with Crippen molar-refractivity contribution in [1.29, 1.82) is 0 Å². The monoisotopic (exact) mass is 366 g/mol. The van der Waals surface area contributed by atoms with E-state index >= 15 is 0 Å². The highest BCUT2D eigenvalue weighted by Gasteiger charge is 2.44. The lowest BCUT2D eigenvalue weighted by atomic mass is 9.95. The maximum Gasteiger partial charge on any atom is 0.303 e. The number of carboxylic acid groups (broad SMARTS) is 1. The average Bonchev–Trinajstić information content (AvgIpc) is 2.71. The summed E-state index contributed by atoms with van der Waals surface area (Å²) in [6.45, 7) is 7.62. The molecule has 0 aromatic heterocycles. The number of carboxylic acids is 1. The highest BCUT2D eigenvalue weighted by atomic mass is 16.4. The standard InChI is InChI=1S/C19H34N4O3/c24-16-19(7-4-18(25)26,22-10-2-1-3-11-22)23-14-12-21(13-15-23)17-5-8-20-9-6-17/h16-17,20H,1-15H2,(H,25,26). The van der Waals surface area contributed by atoms with Gasteiger partial charge in [-0.3, -0.25) is 24.3 Å². The molecule has 3 heterocycles. The van der Waals surface area contributed by atoms with Crippen LogP contribution in [0.3, 0.4) is 0 Å². The van der Waals surface area contributed by atoms with Crippen LogP contribution in [-0.4, -0.2) is 96.1 Å². The zero-order valence-electron chi connectivity index (χ0n) is 15.9. The van der Waals surface area contributed by atoms with E-state index in [-0.39, 0.29) is 6.42 Å². The Bertz CT molecular complexity index is 469. The van der Waals surface area contributed by atoms with Crippen LogP contribution in [0.1, 0.15) is 44.9 Å². The molecule has 3 aliphatic rings. The molecule has 0 bridgehead atoms. The number of carbonyl (C=O) groups excluding carboxylic acids is 1. The van der Waals surface area contributed by atoms with Crippen molar-refractivity contribution in [3.8, 4) is 0 Å². The molecule has 2 N–H and O–H groups in total. The Labute approximate surface area is 156 Å². The van der Waals surface area contributed by atoms with E-state index in [0.717, 1.165) is 71.5 Å². The first-order chi connectivity index (χ1) is 12.7. The minimum absolute atomic E-state index is 0.0454. The molecule has 3 fully saturated rings. The van der Waals surface area contributed by atoms with E-state index in [9.17, 15) is 14.7 Å². The van der Waals surface area contributed by atoms with Crippen LogP contribution < -0.4 is 5.32 Å². The van der Waals surface area contributed by atoms with Crippen LogP contribution in [0.5, 0.6) is 0 Å². The highest BCUT2D eigenvalue weighted by Crippen LogP contribution is 2.30. The zero-order chi connectivity index (χ0) is 18.4. The van der Waals surface area contributed by atoms with Crippen LogP contribution in [0.15, 0.2) is 0 Å². The summed E-state index contributed by atoms with van der Waals surface area (Å²) in [7, 11) is 0. The number of carbonyl (C=O) groups is 2. The van der Waals surface area contributed by atoms with Gasteiger partial charge in [0.2, 0.25) is 0 Å². The third-order valence-electron chi connectivity index (χ3n) is 6.49. The third kappa shape index (κ3) is 4.44. The summed E-state index contributed by atoms with van der Waals surface area (Å²) >= 11 is 0. The van der Waals surface area contributed by atoms with Crippen LogP contribution in [-0.2, 0) is 9.59 Å². The predicted octanol–water partition coefficient (Wildman–Crippen LogP) is 0.602. The zero-order valence-corrected chi connectivity index (χ0v) is 15.9. The number of hydrogen-bond donors (Lipinski definition) is 2. The summed E-state index contributed by atoms with van der Waals surface area (Å²) in [5, 5.41) is 12.6. The SMILES string of the molecule is O=CC(CCC(=O)O)(N1CCCCC1)N1CCN(C2CCNCC2)CC1. The Morgan fingerprint density at radius 1 is 1.00 bits per heavy atom. The number of hydrogen-bond acceptors (Lipinski definition) is 6. The number of piperidine rings is 2. The number of nitrogens with zero attached hydrogens (tertiary/aromatic N) is 3. The van der Waals surface area contributed by atoms with Crippen molar-refractivity contribution in [3.63, 3.8) is 0 Å². The van der Waals surface area contributed by atoms with E-state index < -0.39 is 11.6 Å². The lowest BCUT2D eigenvalue weighted by molar-refractivity contribution is -0.147. The van der Waals surface area contributed by atoms with E-state index in [1.54, 1.807) is 0 Å². The number of piperazine rings is 1. The van der Waals surface area contributed by atoms with Crippen molar-refractivity contribution in [2.75, 3.05) is 52.4 Å². The van der Waals surface area contributed by atoms with Crippen LogP contribution in [0.2, 0.25) is 0 Å². The predicted molar refractivity (Wildman–Crippen MR) is 100 cm³/mol. The molecule has 0 amide bonds. The minimum Gasteiger partial charge on any atom is -0.481 e. The van der Waals surface area contributed by atoms with Crippen molar-refractivity contribution in [2.45, 2.75) is 56.7 Å². The first-order valence-electron chi connectivity index (χ1n) is 10.3. The van der Waals surface area contributed by atoms with E-state index in [4.69, 9.17) is 0 Å². The Balaban J connectivity index is 1.67. The van der Waals surface area contributed by atoms with Crippen molar-refractivity contribution < 1.29 is 14.7 Å². The minimum atomic E-state index is -0.818.